The monoisotopic (exact) mass is 246 g/mol. The summed E-state index contributed by atoms with van der Waals surface area (Å²) in [6.07, 6.45) is 6.28. The van der Waals surface area contributed by atoms with Crippen molar-refractivity contribution in [2.24, 2.45) is 0 Å². The zero-order valence-electron chi connectivity index (χ0n) is 10.8. The van der Waals surface area contributed by atoms with Gasteiger partial charge in [0, 0.05) is 18.2 Å². The van der Waals surface area contributed by atoms with Crippen LogP contribution in [0.4, 0.5) is 4.39 Å². The predicted octanol–water partition coefficient (Wildman–Crippen LogP) is 3.46. The van der Waals surface area contributed by atoms with Gasteiger partial charge in [0.1, 0.15) is 11.9 Å². The van der Waals surface area contributed by atoms with Gasteiger partial charge in [-0.25, -0.2) is 4.39 Å². The summed E-state index contributed by atoms with van der Waals surface area (Å²) < 4.78 is 14.0. The van der Waals surface area contributed by atoms with Crippen molar-refractivity contribution < 1.29 is 4.39 Å². The van der Waals surface area contributed by atoms with Gasteiger partial charge in [-0.15, -0.1) is 0 Å². The summed E-state index contributed by atoms with van der Waals surface area (Å²) in [7, 11) is 2.05. The smallest absolute Gasteiger partial charge is 0.145 e. The minimum Gasteiger partial charge on any atom is -0.299 e. The van der Waals surface area contributed by atoms with E-state index >= 15 is 0 Å². The molecule has 0 unspecified atom stereocenters. The number of nitrogens with zero attached hydrogens (tertiary/aromatic N) is 2. The molecule has 2 nitrogen and oxygen atoms in total. The van der Waals surface area contributed by atoms with Gasteiger partial charge in [0.05, 0.1) is 5.56 Å². The first kappa shape index (κ1) is 13.0. The molecule has 2 rings (SSSR count). The van der Waals surface area contributed by atoms with Gasteiger partial charge in [0.15, 0.2) is 0 Å². The lowest BCUT2D eigenvalue weighted by Gasteiger charge is -2.31. The van der Waals surface area contributed by atoms with Crippen molar-refractivity contribution in [2.75, 3.05) is 7.05 Å². The van der Waals surface area contributed by atoms with E-state index in [-0.39, 0.29) is 11.4 Å². The second-order valence-electron chi connectivity index (χ2n) is 5.10. The predicted molar refractivity (Wildman–Crippen MR) is 69.5 cm³/mol. The Balaban J connectivity index is 2.07. The molecule has 0 radical (unpaired) electrons. The summed E-state index contributed by atoms with van der Waals surface area (Å²) in [6.45, 7) is 0.589. The minimum absolute atomic E-state index is 0.143. The molecule has 0 saturated heterocycles. The molecule has 0 N–H and O–H groups in total. The molecular weight excluding hydrogens is 227 g/mol. The van der Waals surface area contributed by atoms with Crippen LogP contribution >= 0.6 is 0 Å². The number of halogens is 1. The Kier molecular flexibility index (Phi) is 4.33. The third kappa shape index (κ3) is 2.88. The van der Waals surface area contributed by atoms with Crippen molar-refractivity contribution in [3.05, 3.63) is 35.1 Å². The van der Waals surface area contributed by atoms with Crippen molar-refractivity contribution in [2.45, 2.75) is 44.7 Å². The van der Waals surface area contributed by atoms with E-state index in [9.17, 15) is 4.39 Å². The van der Waals surface area contributed by atoms with Gasteiger partial charge in [-0.2, -0.15) is 5.26 Å². The number of nitriles is 1. The molecule has 3 heteroatoms. The van der Waals surface area contributed by atoms with Crippen LogP contribution in [-0.2, 0) is 6.54 Å². The summed E-state index contributed by atoms with van der Waals surface area (Å²) in [5.41, 5.74) is 0.770. The Morgan fingerprint density at radius 2 is 2.06 bits per heavy atom. The Morgan fingerprint density at radius 3 is 2.72 bits per heavy atom. The van der Waals surface area contributed by atoms with E-state index in [2.05, 4.69) is 11.9 Å². The van der Waals surface area contributed by atoms with Gasteiger partial charge < -0.3 is 0 Å². The highest BCUT2D eigenvalue weighted by Crippen LogP contribution is 2.23. The molecule has 1 aliphatic carbocycles. The largest absolute Gasteiger partial charge is 0.299 e. The van der Waals surface area contributed by atoms with E-state index in [1.807, 2.05) is 6.07 Å². The summed E-state index contributed by atoms with van der Waals surface area (Å²) in [5.74, 6) is -0.359. The summed E-state index contributed by atoms with van der Waals surface area (Å²) in [5, 5.41) is 8.82. The zero-order chi connectivity index (χ0) is 13.0. The molecule has 0 heterocycles. The van der Waals surface area contributed by atoms with Crippen molar-refractivity contribution in [3.8, 4) is 6.07 Å². The number of hydrogen-bond acceptors (Lipinski definition) is 2. The van der Waals surface area contributed by atoms with E-state index in [1.54, 1.807) is 12.1 Å². The van der Waals surface area contributed by atoms with Gasteiger partial charge in [-0.1, -0.05) is 31.4 Å². The fraction of sp³-hybridized carbons (Fsp3) is 0.533. The van der Waals surface area contributed by atoms with Crippen molar-refractivity contribution >= 4 is 0 Å². The molecule has 0 spiro atoms. The van der Waals surface area contributed by atoms with Crippen LogP contribution in [0.2, 0.25) is 0 Å². The molecule has 0 bridgehead atoms. The van der Waals surface area contributed by atoms with Gasteiger partial charge >= 0.3 is 0 Å². The molecule has 1 fully saturated rings. The Labute approximate surface area is 108 Å². The van der Waals surface area contributed by atoms with Crippen LogP contribution < -0.4 is 0 Å². The third-order valence-electron chi connectivity index (χ3n) is 3.82. The van der Waals surface area contributed by atoms with E-state index < -0.39 is 0 Å². The van der Waals surface area contributed by atoms with Crippen LogP contribution in [0.1, 0.15) is 43.2 Å². The number of benzene rings is 1. The zero-order valence-corrected chi connectivity index (χ0v) is 10.8. The topological polar surface area (TPSA) is 27.0 Å². The standard InChI is InChI=1S/C15H19FN2/c1-18(14-8-3-2-4-9-14)11-13-7-5-6-12(10-17)15(13)16/h5-7,14H,2-4,8-9,11H2,1H3. The lowest BCUT2D eigenvalue weighted by atomic mass is 9.94. The fourth-order valence-electron chi connectivity index (χ4n) is 2.71. The molecule has 1 aromatic carbocycles. The lowest BCUT2D eigenvalue weighted by molar-refractivity contribution is 0.182. The highest BCUT2D eigenvalue weighted by atomic mass is 19.1. The van der Waals surface area contributed by atoms with E-state index in [0.29, 0.717) is 18.2 Å². The summed E-state index contributed by atoms with van der Waals surface area (Å²) in [4.78, 5) is 2.22. The maximum atomic E-state index is 14.0. The van der Waals surface area contributed by atoms with E-state index in [4.69, 9.17) is 5.26 Å². The molecule has 18 heavy (non-hydrogen) atoms. The van der Waals surface area contributed by atoms with Crippen LogP contribution in [0.3, 0.4) is 0 Å². The van der Waals surface area contributed by atoms with Gasteiger partial charge in [-0.3, -0.25) is 4.90 Å². The Bertz CT molecular complexity index is 444. The van der Waals surface area contributed by atoms with Crippen LogP contribution in [-0.4, -0.2) is 18.0 Å². The highest BCUT2D eigenvalue weighted by Gasteiger charge is 2.19. The maximum absolute atomic E-state index is 14.0. The number of hydrogen-bond donors (Lipinski definition) is 0. The fourth-order valence-corrected chi connectivity index (χ4v) is 2.71. The van der Waals surface area contributed by atoms with Crippen LogP contribution in [0.15, 0.2) is 18.2 Å². The molecule has 1 aliphatic rings. The van der Waals surface area contributed by atoms with E-state index in [1.165, 1.54) is 38.2 Å². The third-order valence-corrected chi connectivity index (χ3v) is 3.82. The quantitative estimate of drug-likeness (QED) is 0.816. The molecule has 0 aromatic heterocycles. The minimum atomic E-state index is -0.359. The SMILES string of the molecule is CN(Cc1cccc(C#N)c1F)C1CCCCC1. The van der Waals surface area contributed by atoms with Gasteiger partial charge in [0.2, 0.25) is 0 Å². The molecule has 1 aromatic rings. The first-order valence-corrected chi connectivity index (χ1v) is 6.60. The first-order valence-electron chi connectivity index (χ1n) is 6.60. The summed E-state index contributed by atoms with van der Waals surface area (Å²) >= 11 is 0. The van der Waals surface area contributed by atoms with Crippen molar-refractivity contribution in [1.82, 2.24) is 4.90 Å². The average Bonchev–Trinajstić information content (AvgIpc) is 2.42. The first-order chi connectivity index (χ1) is 8.72. The number of rotatable bonds is 3. The van der Waals surface area contributed by atoms with Crippen LogP contribution in [0, 0.1) is 17.1 Å². The van der Waals surface area contributed by atoms with Crippen molar-refractivity contribution in [3.63, 3.8) is 0 Å². The second-order valence-corrected chi connectivity index (χ2v) is 5.10. The average molecular weight is 246 g/mol. The molecule has 1 saturated carbocycles. The van der Waals surface area contributed by atoms with E-state index in [0.717, 1.165) is 0 Å². The Hall–Kier alpha value is -1.40. The van der Waals surface area contributed by atoms with Crippen LogP contribution in [0.25, 0.3) is 0 Å². The molecule has 0 atom stereocenters. The molecule has 0 aliphatic heterocycles. The Morgan fingerprint density at radius 1 is 1.33 bits per heavy atom. The lowest BCUT2D eigenvalue weighted by Crippen LogP contribution is -2.33. The summed E-state index contributed by atoms with van der Waals surface area (Å²) in [6, 6.07) is 7.51. The second kappa shape index (κ2) is 5.97. The van der Waals surface area contributed by atoms with Crippen LogP contribution in [0.5, 0.6) is 0 Å². The molecular formula is C15H19FN2. The van der Waals surface area contributed by atoms with Crippen molar-refractivity contribution in [1.29, 1.82) is 5.26 Å². The van der Waals surface area contributed by atoms with Gasteiger partial charge in [0.25, 0.3) is 0 Å². The van der Waals surface area contributed by atoms with Gasteiger partial charge in [-0.05, 0) is 26.0 Å². The molecule has 0 amide bonds. The maximum Gasteiger partial charge on any atom is 0.145 e. The molecule has 96 valence electrons. The highest BCUT2D eigenvalue weighted by molar-refractivity contribution is 5.34. The normalized spacial score (nSPS) is 16.8.